The van der Waals surface area contributed by atoms with Gasteiger partial charge in [-0.2, -0.15) is 0 Å². The van der Waals surface area contributed by atoms with Crippen LogP contribution in [0.3, 0.4) is 0 Å². The monoisotopic (exact) mass is 166 g/mol. The van der Waals surface area contributed by atoms with Crippen molar-refractivity contribution in [2.75, 3.05) is 0 Å². The molecule has 1 rings (SSSR count). The quantitative estimate of drug-likeness (QED) is 0.532. The number of benzene rings is 1. The van der Waals surface area contributed by atoms with Crippen LogP contribution < -0.4 is 12.4 Å². The molecule has 0 aliphatic rings. The molecule has 0 aliphatic carbocycles. The Labute approximate surface area is 71.6 Å². The summed E-state index contributed by atoms with van der Waals surface area (Å²) >= 11 is 0. The van der Waals surface area contributed by atoms with E-state index in [2.05, 4.69) is 11.6 Å². The highest BCUT2D eigenvalue weighted by atomic mass is 35.5. The van der Waals surface area contributed by atoms with E-state index in [1.54, 1.807) is 12.1 Å². The molecule has 0 aromatic heterocycles. The van der Waals surface area contributed by atoms with Gasteiger partial charge in [0, 0.05) is 6.07 Å². The summed E-state index contributed by atoms with van der Waals surface area (Å²) in [6, 6.07) is 7.23. The Morgan fingerprint density at radius 2 is 2.00 bits per heavy atom. The van der Waals surface area contributed by atoms with Crippen molar-refractivity contribution < 1.29 is 12.4 Å². The molecule has 0 unspecified atom stereocenters. The van der Waals surface area contributed by atoms with Gasteiger partial charge in [-0.1, -0.05) is 24.8 Å². The van der Waals surface area contributed by atoms with Crippen LogP contribution in [-0.4, -0.2) is 0 Å². The molecule has 0 fully saturated rings. The SMILES string of the molecule is C=Cc1ccccc1[N+]#N.[Cl-]. The van der Waals surface area contributed by atoms with E-state index in [1.165, 1.54) is 0 Å². The summed E-state index contributed by atoms with van der Waals surface area (Å²) in [5, 5.41) is 8.43. The van der Waals surface area contributed by atoms with Gasteiger partial charge in [0.15, 0.2) is 4.98 Å². The Morgan fingerprint density at radius 3 is 2.45 bits per heavy atom. The summed E-state index contributed by atoms with van der Waals surface area (Å²) in [6.45, 7) is 3.57. The molecule has 0 radical (unpaired) electrons. The van der Waals surface area contributed by atoms with E-state index in [-0.39, 0.29) is 12.4 Å². The first kappa shape index (κ1) is 9.67. The third-order valence-electron chi connectivity index (χ3n) is 1.26. The fourth-order valence-corrected chi connectivity index (χ4v) is 0.751. The second kappa shape index (κ2) is 4.48. The minimum atomic E-state index is 0. The van der Waals surface area contributed by atoms with Gasteiger partial charge in [-0.05, 0) is 6.07 Å². The molecule has 0 amide bonds. The first-order valence-corrected chi connectivity index (χ1v) is 2.95. The highest BCUT2D eigenvalue weighted by Crippen LogP contribution is 2.18. The summed E-state index contributed by atoms with van der Waals surface area (Å²) in [5.74, 6) is 0. The van der Waals surface area contributed by atoms with Gasteiger partial charge in [-0.25, -0.2) is 0 Å². The van der Waals surface area contributed by atoms with Gasteiger partial charge in [0.1, 0.15) is 0 Å². The number of hydrogen-bond acceptors (Lipinski definition) is 1. The highest BCUT2D eigenvalue weighted by molar-refractivity contribution is 5.65. The molecule has 56 valence electrons. The first-order valence-electron chi connectivity index (χ1n) is 2.95. The highest BCUT2D eigenvalue weighted by Gasteiger charge is 2.06. The Morgan fingerprint density at radius 1 is 1.36 bits per heavy atom. The van der Waals surface area contributed by atoms with Gasteiger partial charge in [0.2, 0.25) is 5.39 Å². The molecule has 11 heavy (non-hydrogen) atoms. The lowest BCUT2D eigenvalue weighted by Gasteiger charge is -1.82. The molecular formula is C8H7ClN2. The number of rotatable bonds is 1. The van der Waals surface area contributed by atoms with Crippen LogP contribution in [-0.2, 0) is 0 Å². The Hall–Kier alpha value is -1.33. The van der Waals surface area contributed by atoms with Crippen molar-refractivity contribution in [3.8, 4) is 0 Å². The molecule has 0 N–H and O–H groups in total. The van der Waals surface area contributed by atoms with Crippen LogP contribution in [0.25, 0.3) is 11.1 Å². The van der Waals surface area contributed by atoms with E-state index in [9.17, 15) is 0 Å². The van der Waals surface area contributed by atoms with Crippen molar-refractivity contribution in [1.29, 1.82) is 5.39 Å². The molecule has 0 saturated carbocycles. The summed E-state index contributed by atoms with van der Waals surface area (Å²) < 4.78 is 0. The topological polar surface area (TPSA) is 28.1 Å². The summed E-state index contributed by atoms with van der Waals surface area (Å²) in [7, 11) is 0. The first-order chi connectivity index (χ1) is 4.88. The Bertz CT molecular complexity index is 288. The van der Waals surface area contributed by atoms with Crippen LogP contribution in [0.5, 0.6) is 0 Å². The minimum Gasteiger partial charge on any atom is -1.00 e. The van der Waals surface area contributed by atoms with Crippen molar-refractivity contribution in [3.63, 3.8) is 0 Å². The zero-order valence-electron chi connectivity index (χ0n) is 5.87. The summed E-state index contributed by atoms with van der Waals surface area (Å²) in [6.07, 6.45) is 1.65. The molecule has 0 bridgehead atoms. The third-order valence-corrected chi connectivity index (χ3v) is 1.26. The maximum atomic E-state index is 8.43. The fourth-order valence-electron chi connectivity index (χ4n) is 0.751. The van der Waals surface area contributed by atoms with Crippen molar-refractivity contribution in [3.05, 3.63) is 41.4 Å². The van der Waals surface area contributed by atoms with Crippen LogP contribution in [0.15, 0.2) is 30.8 Å². The standard InChI is InChI=1S/C8H7N2.ClH/c1-2-7-5-3-4-6-8(7)10-9;/h2-6H,1H2;1H/q+1;/p-1. The van der Waals surface area contributed by atoms with Crippen molar-refractivity contribution in [2.24, 2.45) is 0 Å². The molecule has 3 heteroatoms. The van der Waals surface area contributed by atoms with E-state index in [4.69, 9.17) is 5.39 Å². The maximum Gasteiger partial charge on any atom is 0.392 e. The lowest BCUT2D eigenvalue weighted by atomic mass is 10.2. The van der Waals surface area contributed by atoms with E-state index in [0.717, 1.165) is 5.56 Å². The number of nitrogens with zero attached hydrogens (tertiary/aromatic N) is 2. The second-order valence-corrected chi connectivity index (χ2v) is 1.86. The molecule has 2 nitrogen and oxygen atoms in total. The van der Waals surface area contributed by atoms with Crippen LogP contribution in [0.1, 0.15) is 5.56 Å². The normalized spacial score (nSPS) is 7.55. The lowest BCUT2D eigenvalue weighted by Crippen LogP contribution is -3.00. The molecule has 1 aromatic rings. The number of halogens is 1. The van der Waals surface area contributed by atoms with Crippen LogP contribution in [0.2, 0.25) is 0 Å². The molecule has 0 spiro atoms. The van der Waals surface area contributed by atoms with Gasteiger partial charge in [-0.3, -0.25) is 0 Å². The molecule has 0 saturated heterocycles. The van der Waals surface area contributed by atoms with Gasteiger partial charge in [-0.15, -0.1) is 0 Å². The van der Waals surface area contributed by atoms with E-state index in [1.807, 2.05) is 18.2 Å². The summed E-state index contributed by atoms with van der Waals surface area (Å²) in [4.78, 5) is 3.07. The van der Waals surface area contributed by atoms with Gasteiger partial charge in [0.25, 0.3) is 0 Å². The van der Waals surface area contributed by atoms with E-state index < -0.39 is 0 Å². The van der Waals surface area contributed by atoms with Gasteiger partial charge < -0.3 is 12.4 Å². The third kappa shape index (κ3) is 2.06. The van der Waals surface area contributed by atoms with E-state index >= 15 is 0 Å². The fraction of sp³-hybridized carbons (Fsp3) is 0. The Balaban J connectivity index is 0.000001000. The number of hydrogen-bond donors (Lipinski definition) is 0. The van der Waals surface area contributed by atoms with Gasteiger partial charge >= 0.3 is 5.69 Å². The molecular weight excluding hydrogens is 160 g/mol. The molecule has 1 aromatic carbocycles. The van der Waals surface area contributed by atoms with Crippen LogP contribution in [0, 0.1) is 5.39 Å². The maximum absolute atomic E-state index is 8.43. The zero-order valence-corrected chi connectivity index (χ0v) is 6.62. The predicted molar refractivity (Wildman–Crippen MR) is 41.3 cm³/mol. The van der Waals surface area contributed by atoms with Crippen molar-refractivity contribution >= 4 is 11.8 Å². The van der Waals surface area contributed by atoms with Crippen molar-refractivity contribution in [2.45, 2.75) is 0 Å². The van der Waals surface area contributed by atoms with Crippen LogP contribution in [0.4, 0.5) is 5.69 Å². The minimum absolute atomic E-state index is 0. The largest absolute Gasteiger partial charge is 1.00 e. The molecule has 0 aliphatic heterocycles. The second-order valence-electron chi connectivity index (χ2n) is 1.86. The molecule has 0 heterocycles. The predicted octanol–water partition coefficient (Wildman–Crippen LogP) is -0.182. The average Bonchev–Trinajstić information content (AvgIpc) is 2.04. The summed E-state index contributed by atoms with van der Waals surface area (Å²) in [5.41, 5.74) is 1.39. The van der Waals surface area contributed by atoms with Gasteiger partial charge in [0.05, 0.1) is 5.56 Å². The number of diazo groups is 1. The molecule has 0 atom stereocenters. The van der Waals surface area contributed by atoms with Crippen LogP contribution >= 0.6 is 0 Å². The van der Waals surface area contributed by atoms with Crippen molar-refractivity contribution in [1.82, 2.24) is 0 Å². The smallest absolute Gasteiger partial charge is 0.392 e. The lowest BCUT2D eigenvalue weighted by molar-refractivity contribution is -0.00000221. The van der Waals surface area contributed by atoms with E-state index in [0.29, 0.717) is 5.69 Å². The average molecular weight is 167 g/mol. The zero-order chi connectivity index (χ0) is 7.40. The Kier molecular flexibility index (Phi) is 3.94.